The molecule has 0 radical (unpaired) electrons. The SMILES string of the molecule is O=C(O)Cc1ccc(COC(=O)ON2C(=O)CCC2=O)cc1. The molecule has 1 fully saturated rings. The third-order valence-corrected chi connectivity index (χ3v) is 2.91. The summed E-state index contributed by atoms with van der Waals surface area (Å²) in [5.74, 6) is -2.10. The van der Waals surface area contributed by atoms with Crippen LogP contribution < -0.4 is 0 Å². The molecule has 116 valence electrons. The fourth-order valence-corrected chi connectivity index (χ4v) is 1.83. The molecule has 1 aromatic carbocycles. The Labute approximate surface area is 125 Å². The van der Waals surface area contributed by atoms with Crippen molar-refractivity contribution in [3.05, 3.63) is 35.4 Å². The average Bonchev–Trinajstić information content (AvgIpc) is 2.78. The van der Waals surface area contributed by atoms with E-state index in [4.69, 9.17) is 9.84 Å². The van der Waals surface area contributed by atoms with Gasteiger partial charge in [0.1, 0.15) is 6.61 Å². The van der Waals surface area contributed by atoms with Crippen LogP contribution in [0.25, 0.3) is 0 Å². The van der Waals surface area contributed by atoms with Crippen molar-refractivity contribution in [2.45, 2.75) is 25.9 Å². The standard InChI is InChI=1S/C14H13NO7/c16-11-5-6-12(17)15(11)22-14(20)21-8-10-3-1-9(2-4-10)7-13(18)19/h1-4H,5-8H2,(H,18,19). The topological polar surface area (TPSA) is 110 Å². The maximum absolute atomic E-state index is 11.4. The van der Waals surface area contributed by atoms with Gasteiger partial charge in [0.05, 0.1) is 6.42 Å². The summed E-state index contributed by atoms with van der Waals surface area (Å²) >= 11 is 0. The summed E-state index contributed by atoms with van der Waals surface area (Å²) in [7, 11) is 0. The van der Waals surface area contributed by atoms with E-state index >= 15 is 0 Å². The molecule has 1 aliphatic heterocycles. The number of ether oxygens (including phenoxy) is 1. The molecule has 2 amide bonds. The number of rotatable bonds is 5. The monoisotopic (exact) mass is 307 g/mol. The fraction of sp³-hybridized carbons (Fsp3) is 0.286. The lowest BCUT2D eigenvalue weighted by Gasteiger charge is -2.12. The fourth-order valence-electron chi connectivity index (χ4n) is 1.83. The molecule has 8 heteroatoms. The number of hydrogen-bond donors (Lipinski definition) is 1. The first kappa shape index (κ1) is 15.5. The third kappa shape index (κ3) is 4.05. The van der Waals surface area contributed by atoms with Crippen LogP contribution in [0.1, 0.15) is 24.0 Å². The Morgan fingerprint density at radius 3 is 2.14 bits per heavy atom. The summed E-state index contributed by atoms with van der Waals surface area (Å²) in [5.41, 5.74) is 1.23. The van der Waals surface area contributed by atoms with Crippen LogP contribution >= 0.6 is 0 Å². The van der Waals surface area contributed by atoms with Crippen molar-refractivity contribution in [1.82, 2.24) is 5.06 Å². The molecule has 22 heavy (non-hydrogen) atoms. The zero-order valence-corrected chi connectivity index (χ0v) is 11.5. The number of carbonyl (C=O) groups excluding carboxylic acids is 3. The second kappa shape index (κ2) is 6.70. The van der Waals surface area contributed by atoms with Gasteiger partial charge in [0.25, 0.3) is 11.8 Å². The molecule has 0 aromatic heterocycles. The van der Waals surface area contributed by atoms with Crippen molar-refractivity contribution in [3.63, 3.8) is 0 Å². The van der Waals surface area contributed by atoms with E-state index in [1.54, 1.807) is 24.3 Å². The zero-order valence-electron chi connectivity index (χ0n) is 11.5. The molecule has 0 spiro atoms. The van der Waals surface area contributed by atoms with E-state index in [1.807, 2.05) is 0 Å². The highest BCUT2D eigenvalue weighted by Crippen LogP contribution is 2.13. The maximum Gasteiger partial charge on any atom is 0.534 e. The van der Waals surface area contributed by atoms with Gasteiger partial charge in [-0.3, -0.25) is 19.2 Å². The van der Waals surface area contributed by atoms with Gasteiger partial charge in [-0.15, -0.1) is 0 Å². The smallest absolute Gasteiger partial charge is 0.481 e. The Kier molecular flexibility index (Phi) is 4.72. The third-order valence-electron chi connectivity index (χ3n) is 2.91. The van der Waals surface area contributed by atoms with Crippen molar-refractivity contribution in [2.24, 2.45) is 0 Å². The number of imide groups is 1. The minimum Gasteiger partial charge on any atom is -0.481 e. The highest BCUT2D eigenvalue weighted by molar-refractivity contribution is 6.01. The van der Waals surface area contributed by atoms with E-state index in [0.29, 0.717) is 16.2 Å². The first-order valence-corrected chi connectivity index (χ1v) is 6.46. The predicted octanol–water partition coefficient (Wildman–Crippen LogP) is 1.03. The number of amides is 2. The second-order valence-electron chi connectivity index (χ2n) is 4.60. The van der Waals surface area contributed by atoms with Crippen LogP contribution in [0, 0.1) is 0 Å². The molecule has 0 unspecified atom stereocenters. The number of nitrogens with zero attached hydrogens (tertiary/aromatic N) is 1. The number of aliphatic carboxylic acids is 1. The molecule has 0 bridgehead atoms. The van der Waals surface area contributed by atoms with Gasteiger partial charge < -0.3 is 9.84 Å². The Balaban J connectivity index is 1.82. The van der Waals surface area contributed by atoms with Crippen molar-refractivity contribution in [2.75, 3.05) is 0 Å². The van der Waals surface area contributed by atoms with Gasteiger partial charge in [-0.2, -0.15) is 0 Å². The van der Waals surface area contributed by atoms with Crippen LogP contribution in [0.15, 0.2) is 24.3 Å². The summed E-state index contributed by atoms with van der Waals surface area (Å²) in [6.07, 6.45) is -1.23. The van der Waals surface area contributed by atoms with Gasteiger partial charge in [-0.05, 0) is 11.1 Å². The van der Waals surface area contributed by atoms with E-state index in [-0.39, 0.29) is 25.9 Å². The number of hydroxylamine groups is 2. The normalized spacial score (nSPS) is 14.1. The lowest BCUT2D eigenvalue weighted by atomic mass is 10.1. The molecular formula is C14H13NO7. The quantitative estimate of drug-likeness (QED) is 0.639. The van der Waals surface area contributed by atoms with Gasteiger partial charge in [-0.1, -0.05) is 29.3 Å². The molecule has 1 N–H and O–H groups in total. The molecule has 0 aliphatic carbocycles. The van der Waals surface area contributed by atoms with E-state index in [1.165, 1.54) is 0 Å². The van der Waals surface area contributed by atoms with Crippen LogP contribution in [0.2, 0.25) is 0 Å². The number of benzene rings is 1. The number of carboxylic acid groups (broad SMARTS) is 1. The first-order chi connectivity index (χ1) is 10.5. The summed E-state index contributed by atoms with van der Waals surface area (Å²) in [6.45, 7) is -0.123. The lowest BCUT2D eigenvalue weighted by Crippen LogP contribution is -2.32. The minimum absolute atomic E-state index is 0.0111. The predicted molar refractivity (Wildman–Crippen MR) is 70.1 cm³/mol. The van der Waals surface area contributed by atoms with Gasteiger partial charge in [-0.25, -0.2) is 4.79 Å². The summed E-state index contributed by atoms with van der Waals surface area (Å²) < 4.78 is 4.78. The van der Waals surface area contributed by atoms with E-state index < -0.39 is 23.9 Å². The van der Waals surface area contributed by atoms with Crippen molar-refractivity contribution in [3.8, 4) is 0 Å². The Morgan fingerprint density at radius 2 is 1.59 bits per heavy atom. The van der Waals surface area contributed by atoms with Crippen LogP contribution in [0.5, 0.6) is 0 Å². The molecule has 1 heterocycles. The van der Waals surface area contributed by atoms with Crippen LogP contribution in [-0.2, 0) is 37.0 Å². The lowest BCUT2D eigenvalue weighted by molar-refractivity contribution is -0.177. The summed E-state index contributed by atoms with van der Waals surface area (Å²) in [6, 6.07) is 6.42. The van der Waals surface area contributed by atoms with Crippen LogP contribution in [0.3, 0.4) is 0 Å². The number of hydrogen-bond acceptors (Lipinski definition) is 6. The van der Waals surface area contributed by atoms with Crippen molar-refractivity contribution < 1.29 is 33.9 Å². The zero-order chi connectivity index (χ0) is 16.1. The van der Waals surface area contributed by atoms with E-state index in [9.17, 15) is 19.2 Å². The van der Waals surface area contributed by atoms with Gasteiger partial charge in [0.2, 0.25) is 0 Å². The Morgan fingerprint density at radius 1 is 1.05 bits per heavy atom. The summed E-state index contributed by atoms with van der Waals surface area (Å²) in [5, 5.41) is 9.05. The molecule has 0 saturated carbocycles. The van der Waals surface area contributed by atoms with Crippen molar-refractivity contribution >= 4 is 23.9 Å². The van der Waals surface area contributed by atoms with Gasteiger partial charge >= 0.3 is 12.1 Å². The van der Waals surface area contributed by atoms with Crippen molar-refractivity contribution in [1.29, 1.82) is 0 Å². The highest BCUT2D eigenvalue weighted by atomic mass is 16.8. The largest absolute Gasteiger partial charge is 0.534 e. The second-order valence-corrected chi connectivity index (χ2v) is 4.60. The molecule has 1 aromatic rings. The maximum atomic E-state index is 11.4. The minimum atomic E-state index is -1.15. The molecule has 1 saturated heterocycles. The van der Waals surface area contributed by atoms with Crippen LogP contribution in [-0.4, -0.2) is 34.1 Å². The molecule has 8 nitrogen and oxygen atoms in total. The highest BCUT2D eigenvalue weighted by Gasteiger charge is 2.33. The first-order valence-electron chi connectivity index (χ1n) is 6.46. The van der Waals surface area contributed by atoms with Crippen LogP contribution in [0.4, 0.5) is 4.79 Å². The molecule has 1 aliphatic rings. The number of carbonyl (C=O) groups is 4. The summed E-state index contributed by atoms with van der Waals surface area (Å²) in [4.78, 5) is 49.0. The number of carboxylic acids is 1. The Bertz CT molecular complexity index is 592. The van der Waals surface area contributed by atoms with E-state index in [2.05, 4.69) is 4.84 Å². The Hall–Kier alpha value is -2.90. The average molecular weight is 307 g/mol. The van der Waals surface area contributed by atoms with E-state index in [0.717, 1.165) is 0 Å². The molecule has 2 rings (SSSR count). The van der Waals surface area contributed by atoms with Gasteiger partial charge in [0.15, 0.2) is 0 Å². The van der Waals surface area contributed by atoms with Gasteiger partial charge in [0, 0.05) is 12.8 Å². The molecule has 0 atom stereocenters. The molecular weight excluding hydrogens is 294 g/mol.